The highest BCUT2D eigenvalue weighted by atomic mass is 32.2. The van der Waals surface area contributed by atoms with Crippen LogP contribution in [0, 0.1) is 5.92 Å². The van der Waals surface area contributed by atoms with E-state index in [0.29, 0.717) is 6.04 Å². The molecule has 0 spiro atoms. The van der Waals surface area contributed by atoms with Crippen LogP contribution in [0.4, 0.5) is 0 Å². The number of nitrogens with two attached hydrogens (primary N) is 1. The maximum absolute atomic E-state index is 5.96. The van der Waals surface area contributed by atoms with Crippen molar-refractivity contribution in [3.05, 3.63) is 0 Å². The number of thioether (sulfide) groups is 1. The van der Waals surface area contributed by atoms with E-state index >= 15 is 0 Å². The van der Waals surface area contributed by atoms with Crippen molar-refractivity contribution < 1.29 is 0 Å². The van der Waals surface area contributed by atoms with Crippen molar-refractivity contribution in [3.8, 4) is 0 Å². The Labute approximate surface area is 104 Å². The van der Waals surface area contributed by atoms with Gasteiger partial charge in [0, 0.05) is 23.9 Å². The van der Waals surface area contributed by atoms with E-state index in [1.165, 1.54) is 38.0 Å². The molecule has 2 aliphatic rings. The first-order valence-corrected chi connectivity index (χ1v) is 7.84. The molecule has 0 amide bonds. The zero-order valence-corrected chi connectivity index (χ0v) is 11.5. The minimum Gasteiger partial charge on any atom is -0.329 e. The lowest BCUT2D eigenvalue weighted by Gasteiger charge is -2.46. The first kappa shape index (κ1) is 12.7. The Balaban J connectivity index is 2.00. The van der Waals surface area contributed by atoms with Crippen LogP contribution in [0.15, 0.2) is 0 Å². The van der Waals surface area contributed by atoms with Crippen molar-refractivity contribution in [3.63, 3.8) is 0 Å². The molecule has 0 bridgehead atoms. The van der Waals surface area contributed by atoms with Gasteiger partial charge >= 0.3 is 0 Å². The van der Waals surface area contributed by atoms with Crippen LogP contribution in [-0.4, -0.2) is 41.1 Å². The van der Waals surface area contributed by atoms with E-state index in [2.05, 4.69) is 30.5 Å². The van der Waals surface area contributed by atoms with Crippen molar-refractivity contribution in [2.45, 2.75) is 56.9 Å². The lowest BCUT2D eigenvalue weighted by molar-refractivity contribution is 0.0703. The number of hydrogen-bond acceptors (Lipinski definition) is 3. The molecule has 2 fully saturated rings. The molecule has 94 valence electrons. The molecular formula is C13H26N2S. The molecule has 0 aliphatic carbocycles. The van der Waals surface area contributed by atoms with Gasteiger partial charge in [-0.15, -0.1) is 0 Å². The number of nitrogens with zero attached hydrogens (tertiary/aromatic N) is 1. The Bertz CT molecular complexity index is 222. The lowest BCUT2D eigenvalue weighted by Crippen LogP contribution is -2.54. The third kappa shape index (κ3) is 2.74. The molecule has 2 saturated heterocycles. The molecule has 0 aromatic rings. The fourth-order valence-electron chi connectivity index (χ4n) is 3.28. The molecule has 4 unspecified atom stereocenters. The van der Waals surface area contributed by atoms with Crippen LogP contribution in [0.3, 0.4) is 0 Å². The van der Waals surface area contributed by atoms with Crippen LogP contribution >= 0.6 is 11.8 Å². The summed E-state index contributed by atoms with van der Waals surface area (Å²) in [7, 11) is 0. The molecule has 0 aromatic heterocycles. The Morgan fingerprint density at radius 2 is 2.12 bits per heavy atom. The van der Waals surface area contributed by atoms with Crippen molar-refractivity contribution in [2.24, 2.45) is 11.7 Å². The van der Waals surface area contributed by atoms with Gasteiger partial charge in [-0.3, -0.25) is 4.90 Å². The first-order chi connectivity index (χ1) is 7.72. The second kappa shape index (κ2) is 5.74. The highest BCUT2D eigenvalue weighted by Gasteiger charge is 2.34. The fraction of sp³-hybridized carbons (Fsp3) is 1.00. The second-order valence-corrected chi connectivity index (χ2v) is 7.03. The maximum atomic E-state index is 5.96. The quantitative estimate of drug-likeness (QED) is 0.806. The van der Waals surface area contributed by atoms with Gasteiger partial charge in [0.1, 0.15) is 0 Å². The normalized spacial score (nSPS) is 42.2. The Morgan fingerprint density at radius 1 is 1.31 bits per heavy atom. The molecule has 2 nitrogen and oxygen atoms in total. The third-order valence-corrected chi connectivity index (χ3v) is 5.65. The molecule has 2 heterocycles. The van der Waals surface area contributed by atoms with E-state index < -0.39 is 0 Å². The van der Waals surface area contributed by atoms with Crippen LogP contribution in [0.2, 0.25) is 0 Å². The van der Waals surface area contributed by atoms with Crippen LogP contribution in [-0.2, 0) is 0 Å². The van der Waals surface area contributed by atoms with Gasteiger partial charge in [0.15, 0.2) is 0 Å². The summed E-state index contributed by atoms with van der Waals surface area (Å²) in [6.45, 7) is 6.90. The highest BCUT2D eigenvalue weighted by Crippen LogP contribution is 2.33. The van der Waals surface area contributed by atoms with Crippen LogP contribution in [0.5, 0.6) is 0 Å². The fourth-order valence-corrected chi connectivity index (χ4v) is 4.50. The molecule has 16 heavy (non-hydrogen) atoms. The van der Waals surface area contributed by atoms with Crippen molar-refractivity contribution >= 4 is 11.8 Å². The maximum Gasteiger partial charge on any atom is 0.0224 e. The Hall–Kier alpha value is 0.270. The molecule has 2 N–H and O–H groups in total. The lowest BCUT2D eigenvalue weighted by atomic mass is 9.89. The van der Waals surface area contributed by atoms with E-state index in [1.807, 2.05) is 0 Å². The van der Waals surface area contributed by atoms with Crippen molar-refractivity contribution in [2.75, 3.05) is 18.8 Å². The number of piperidine rings is 1. The van der Waals surface area contributed by atoms with E-state index in [1.54, 1.807) is 0 Å². The number of hydrogen-bond donors (Lipinski definition) is 1. The zero-order valence-electron chi connectivity index (χ0n) is 10.7. The molecule has 2 rings (SSSR count). The molecular weight excluding hydrogens is 216 g/mol. The molecule has 0 radical (unpaired) electrons. The average Bonchev–Trinajstić information content (AvgIpc) is 2.30. The highest BCUT2D eigenvalue weighted by molar-refractivity contribution is 7.99. The van der Waals surface area contributed by atoms with E-state index in [4.69, 9.17) is 5.73 Å². The van der Waals surface area contributed by atoms with Crippen molar-refractivity contribution in [1.82, 2.24) is 4.90 Å². The predicted octanol–water partition coefficient (Wildman–Crippen LogP) is 2.33. The van der Waals surface area contributed by atoms with Crippen molar-refractivity contribution in [1.29, 1.82) is 0 Å². The Morgan fingerprint density at radius 3 is 2.81 bits per heavy atom. The topological polar surface area (TPSA) is 29.3 Å². The zero-order chi connectivity index (χ0) is 11.5. The van der Waals surface area contributed by atoms with E-state index in [-0.39, 0.29) is 0 Å². The summed E-state index contributed by atoms with van der Waals surface area (Å²) in [6, 6.07) is 1.44. The van der Waals surface area contributed by atoms with Crippen LogP contribution in [0.1, 0.15) is 39.5 Å². The summed E-state index contributed by atoms with van der Waals surface area (Å²) in [5.41, 5.74) is 5.96. The number of rotatable bonds is 2. The van der Waals surface area contributed by atoms with Crippen LogP contribution in [0.25, 0.3) is 0 Å². The first-order valence-electron chi connectivity index (χ1n) is 6.79. The minimum absolute atomic E-state index is 0.648. The predicted molar refractivity (Wildman–Crippen MR) is 72.9 cm³/mol. The standard InChI is InChI=1S/C13H26N2S/c1-10-5-6-15(12(8-10)9-14)13-4-3-7-16-11(13)2/h10-13H,3-9,14H2,1-2H3. The van der Waals surface area contributed by atoms with Gasteiger partial charge in [0.05, 0.1) is 0 Å². The average molecular weight is 242 g/mol. The summed E-state index contributed by atoms with van der Waals surface area (Å²) in [5.74, 6) is 2.23. The summed E-state index contributed by atoms with van der Waals surface area (Å²) >= 11 is 2.15. The van der Waals surface area contributed by atoms with Gasteiger partial charge in [-0.2, -0.15) is 11.8 Å². The van der Waals surface area contributed by atoms with Crippen LogP contribution < -0.4 is 5.73 Å². The molecule has 2 aliphatic heterocycles. The van der Waals surface area contributed by atoms with Gasteiger partial charge < -0.3 is 5.73 Å². The summed E-state index contributed by atoms with van der Waals surface area (Å²) < 4.78 is 0. The molecule has 0 saturated carbocycles. The minimum atomic E-state index is 0.648. The van der Waals surface area contributed by atoms with Gasteiger partial charge in [-0.25, -0.2) is 0 Å². The second-order valence-electron chi connectivity index (χ2n) is 5.54. The van der Waals surface area contributed by atoms with E-state index in [9.17, 15) is 0 Å². The largest absolute Gasteiger partial charge is 0.329 e. The summed E-state index contributed by atoms with van der Waals surface area (Å²) in [5, 5.41) is 0.802. The smallest absolute Gasteiger partial charge is 0.0224 e. The third-order valence-electron chi connectivity index (χ3n) is 4.29. The Kier molecular flexibility index (Phi) is 4.57. The SMILES string of the molecule is CC1CCN(C2CCCSC2C)C(CN)C1. The van der Waals surface area contributed by atoms with E-state index in [0.717, 1.165) is 23.8 Å². The molecule has 0 aromatic carbocycles. The van der Waals surface area contributed by atoms with Gasteiger partial charge in [-0.1, -0.05) is 13.8 Å². The monoisotopic (exact) mass is 242 g/mol. The molecule has 3 heteroatoms. The number of likely N-dealkylation sites (tertiary alicyclic amines) is 1. The van der Waals surface area contributed by atoms with Gasteiger partial charge in [-0.05, 0) is 43.9 Å². The van der Waals surface area contributed by atoms with Gasteiger partial charge in [0.25, 0.3) is 0 Å². The van der Waals surface area contributed by atoms with Gasteiger partial charge in [0.2, 0.25) is 0 Å². The summed E-state index contributed by atoms with van der Waals surface area (Å²) in [4.78, 5) is 2.73. The summed E-state index contributed by atoms with van der Waals surface area (Å²) in [6.07, 6.45) is 5.46. The molecule has 4 atom stereocenters.